The minimum Gasteiger partial charge on any atom is -0.480 e. The first-order valence-corrected chi connectivity index (χ1v) is 10.5. The molecule has 0 unspecified atom stereocenters. The average Bonchev–Trinajstić information content (AvgIpc) is 2.91. The third-order valence-electron chi connectivity index (χ3n) is 4.43. The third kappa shape index (κ3) is 5.39. The van der Waals surface area contributed by atoms with Crippen LogP contribution in [0.25, 0.3) is 0 Å². The summed E-state index contributed by atoms with van der Waals surface area (Å²) >= 11 is 7.40. The Morgan fingerprint density at radius 3 is 2.46 bits per heavy atom. The van der Waals surface area contributed by atoms with E-state index < -0.39 is 12.0 Å². The van der Waals surface area contributed by atoms with Crippen LogP contribution in [-0.2, 0) is 23.1 Å². The number of amides is 1. The van der Waals surface area contributed by atoms with Gasteiger partial charge in [-0.3, -0.25) is 9.59 Å². The van der Waals surface area contributed by atoms with Gasteiger partial charge in [0.1, 0.15) is 6.04 Å². The number of rotatable bonds is 9. The van der Waals surface area contributed by atoms with Crippen molar-refractivity contribution in [3.05, 3.63) is 57.9 Å². The van der Waals surface area contributed by atoms with E-state index in [2.05, 4.69) is 5.32 Å². The molecule has 0 aliphatic heterocycles. The van der Waals surface area contributed by atoms with Crippen molar-refractivity contribution in [3.63, 3.8) is 0 Å². The number of aromatic nitrogens is 1. The van der Waals surface area contributed by atoms with Gasteiger partial charge in [0.25, 0.3) is 0 Å². The van der Waals surface area contributed by atoms with Crippen molar-refractivity contribution in [1.82, 2.24) is 9.88 Å². The number of nitrogens with zero attached hydrogens (tertiary/aromatic N) is 1. The number of aryl methyl sites for hydroxylation is 1. The number of aliphatic carboxylic acids is 1. The summed E-state index contributed by atoms with van der Waals surface area (Å²) in [5.74, 6) is -0.962. The number of nitrogens with one attached hydrogen (secondary N) is 1. The summed E-state index contributed by atoms with van der Waals surface area (Å²) in [4.78, 5) is 36.5. The van der Waals surface area contributed by atoms with Gasteiger partial charge in [0, 0.05) is 23.3 Å². The smallest absolute Gasteiger partial charge is 0.326 e. The van der Waals surface area contributed by atoms with E-state index in [1.165, 1.54) is 11.8 Å². The van der Waals surface area contributed by atoms with Crippen LogP contribution in [0.4, 0.5) is 0 Å². The van der Waals surface area contributed by atoms with Crippen LogP contribution in [0.2, 0.25) is 5.02 Å². The lowest BCUT2D eigenvalue weighted by molar-refractivity contribution is -0.141. The van der Waals surface area contributed by atoms with E-state index in [-0.39, 0.29) is 18.1 Å². The molecule has 2 aromatic rings. The Kier molecular flexibility index (Phi) is 7.71. The van der Waals surface area contributed by atoms with Crippen molar-refractivity contribution in [1.29, 1.82) is 0 Å². The number of halogens is 1. The molecule has 6 nitrogen and oxygen atoms in total. The van der Waals surface area contributed by atoms with Gasteiger partial charge >= 0.3 is 5.97 Å². The zero-order valence-corrected chi connectivity index (χ0v) is 17.6. The van der Waals surface area contributed by atoms with E-state index in [0.29, 0.717) is 34.1 Å². The predicted molar refractivity (Wildman–Crippen MR) is 111 cm³/mol. The highest BCUT2D eigenvalue weighted by atomic mass is 35.5. The van der Waals surface area contributed by atoms with Crippen molar-refractivity contribution in [2.45, 2.75) is 25.8 Å². The van der Waals surface area contributed by atoms with Gasteiger partial charge < -0.3 is 15.0 Å². The van der Waals surface area contributed by atoms with E-state index in [9.17, 15) is 19.5 Å². The average molecular weight is 423 g/mol. The number of hydrogen-bond acceptors (Lipinski definition) is 4. The van der Waals surface area contributed by atoms with Crippen molar-refractivity contribution < 1.29 is 19.5 Å². The van der Waals surface area contributed by atoms with Crippen molar-refractivity contribution in [3.8, 4) is 0 Å². The number of carboxylic acid groups (broad SMARTS) is 1. The van der Waals surface area contributed by atoms with Crippen LogP contribution in [0.5, 0.6) is 0 Å². The SMILES string of the molecule is CSCC[C@H](NC(=O)Cc1cc(C)c(C(=O)c2ccc(Cl)cc2)n1C)C(=O)O. The molecule has 1 atom stereocenters. The lowest BCUT2D eigenvalue weighted by atomic mass is 10.1. The highest BCUT2D eigenvalue weighted by molar-refractivity contribution is 7.98. The monoisotopic (exact) mass is 422 g/mol. The molecule has 0 spiro atoms. The first-order chi connectivity index (χ1) is 13.2. The minimum atomic E-state index is -1.05. The molecule has 0 radical (unpaired) electrons. The number of carbonyl (C=O) groups excluding carboxylic acids is 2. The molecule has 0 bridgehead atoms. The highest BCUT2D eigenvalue weighted by Crippen LogP contribution is 2.20. The summed E-state index contributed by atoms with van der Waals surface area (Å²) in [6.45, 7) is 1.81. The molecule has 2 rings (SSSR count). The van der Waals surface area contributed by atoms with E-state index >= 15 is 0 Å². The zero-order valence-electron chi connectivity index (χ0n) is 16.0. The Hall–Kier alpha value is -2.25. The van der Waals surface area contributed by atoms with Crippen LogP contribution >= 0.6 is 23.4 Å². The molecule has 0 aliphatic carbocycles. The van der Waals surface area contributed by atoms with Crippen LogP contribution in [-0.4, -0.2) is 45.4 Å². The topological polar surface area (TPSA) is 88.4 Å². The molecule has 150 valence electrons. The second-order valence-corrected chi connectivity index (χ2v) is 7.90. The lowest BCUT2D eigenvalue weighted by Crippen LogP contribution is -2.42. The summed E-state index contributed by atoms with van der Waals surface area (Å²) in [6, 6.07) is 7.49. The number of hydrogen-bond donors (Lipinski definition) is 2. The molecule has 1 aromatic heterocycles. The van der Waals surface area contributed by atoms with Gasteiger partial charge in [-0.15, -0.1) is 0 Å². The maximum atomic E-state index is 12.8. The molecule has 1 heterocycles. The Morgan fingerprint density at radius 1 is 1.25 bits per heavy atom. The standard InChI is InChI=1S/C20H23ClN2O4S/c1-12-10-15(11-17(24)22-16(20(26)27)8-9-28-3)23(2)18(12)19(25)13-4-6-14(21)7-5-13/h4-7,10,16H,8-9,11H2,1-3H3,(H,22,24)(H,26,27)/t16-/m0/s1. The van der Waals surface area contributed by atoms with Crippen LogP contribution in [0.15, 0.2) is 30.3 Å². The fourth-order valence-electron chi connectivity index (χ4n) is 2.97. The summed E-state index contributed by atoms with van der Waals surface area (Å²) in [7, 11) is 1.72. The van der Waals surface area contributed by atoms with Gasteiger partial charge in [0.05, 0.1) is 12.1 Å². The summed E-state index contributed by atoms with van der Waals surface area (Å²) in [5.41, 5.74) is 2.39. The molecular weight excluding hydrogens is 400 g/mol. The predicted octanol–water partition coefficient (Wildman–Crippen LogP) is 3.08. The lowest BCUT2D eigenvalue weighted by Gasteiger charge is -2.14. The summed E-state index contributed by atoms with van der Waals surface area (Å²) < 4.78 is 1.68. The van der Waals surface area contributed by atoms with E-state index in [4.69, 9.17) is 11.6 Å². The van der Waals surface area contributed by atoms with Crippen LogP contribution < -0.4 is 5.32 Å². The molecule has 0 aliphatic rings. The Bertz CT molecular complexity index is 877. The molecule has 8 heteroatoms. The normalized spacial score (nSPS) is 11.9. The van der Waals surface area contributed by atoms with Gasteiger partial charge in [-0.05, 0) is 61.2 Å². The molecule has 1 amide bonds. The van der Waals surface area contributed by atoms with Crippen LogP contribution in [0.3, 0.4) is 0 Å². The first-order valence-electron chi connectivity index (χ1n) is 8.71. The molecule has 0 fully saturated rings. The minimum absolute atomic E-state index is 0.00567. The molecule has 1 aromatic carbocycles. The van der Waals surface area contributed by atoms with Gasteiger partial charge in [0.2, 0.25) is 11.7 Å². The Balaban J connectivity index is 2.16. The quantitative estimate of drug-likeness (QED) is 0.606. The fraction of sp³-hybridized carbons (Fsp3) is 0.350. The molecule has 0 saturated heterocycles. The summed E-state index contributed by atoms with van der Waals surface area (Å²) in [6.07, 6.45) is 2.23. The number of thioether (sulfide) groups is 1. The first kappa shape index (κ1) is 22.0. The van der Waals surface area contributed by atoms with Gasteiger partial charge in [-0.2, -0.15) is 11.8 Å². The van der Waals surface area contributed by atoms with E-state index in [1.54, 1.807) is 41.9 Å². The number of carboxylic acids is 1. The Labute approximate surface area is 173 Å². The second-order valence-electron chi connectivity index (χ2n) is 6.48. The maximum Gasteiger partial charge on any atom is 0.326 e. The van der Waals surface area contributed by atoms with E-state index in [1.807, 2.05) is 13.2 Å². The van der Waals surface area contributed by atoms with Crippen LogP contribution in [0, 0.1) is 6.92 Å². The third-order valence-corrected chi connectivity index (χ3v) is 5.33. The largest absolute Gasteiger partial charge is 0.480 e. The number of ketones is 1. The van der Waals surface area contributed by atoms with Crippen LogP contribution in [0.1, 0.15) is 33.7 Å². The fourth-order valence-corrected chi connectivity index (χ4v) is 3.56. The molecule has 0 saturated carbocycles. The van der Waals surface area contributed by atoms with Crippen molar-refractivity contribution >= 4 is 41.0 Å². The van der Waals surface area contributed by atoms with Crippen molar-refractivity contribution in [2.24, 2.45) is 7.05 Å². The molecule has 2 N–H and O–H groups in total. The van der Waals surface area contributed by atoms with Crippen molar-refractivity contribution in [2.75, 3.05) is 12.0 Å². The summed E-state index contributed by atoms with van der Waals surface area (Å²) in [5, 5.41) is 12.4. The number of benzene rings is 1. The highest BCUT2D eigenvalue weighted by Gasteiger charge is 2.22. The molecule has 28 heavy (non-hydrogen) atoms. The van der Waals surface area contributed by atoms with Gasteiger partial charge in [-0.1, -0.05) is 11.6 Å². The Morgan fingerprint density at radius 2 is 1.89 bits per heavy atom. The van der Waals surface area contributed by atoms with E-state index in [0.717, 1.165) is 5.56 Å². The zero-order chi connectivity index (χ0) is 20.8. The molecular formula is C20H23ClN2O4S. The number of carbonyl (C=O) groups is 3. The van der Waals surface area contributed by atoms with Gasteiger partial charge in [-0.25, -0.2) is 4.79 Å². The van der Waals surface area contributed by atoms with Gasteiger partial charge in [0.15, 0.2) is 0 Å². The maximum absolute atomic E-state index is 12.8. The second kappa shape index (κ2) is 9.80.